The van der Waals surface area contributed by atoms with Crippen molar-refractivity contribution in [2.45, 2.75) is 0 Å². The van der Waals surface area contributed by atoms with Crippen LogP contribution in [0.2, 0.25) is 0 Å². The molecule has 0 amide bonds. The number of aromatic nitrogens is 3. The van der Waals surface area contributed by atoms with Crippen molar-refractivity contribution in [3.8, 4) is 11.3 Å². The van der Waals surface area contributed by atoms with Crippen molar-refractivity contribution in [3.05, 3.63) is 30.8 Å². The molecule has 0 aliphatic rings. The third-order valence-electron chi connectivity index (χ3n) is 2.43. The second-order valence-electron chi connectivity index (χ2n) is 3.42. The molecule has 16 heavy (non-hydrogen) atoms. The lowest BCUT2D eigenvalue weighted by molar-refractivity contribution is 0.576. The van der Waals surface area contributed by atoms with Crippen LogP contribution >= 0.6 is 0 Å². The Hall–Kier alpha value is -2.30. The van der Waals surface area contributed by atoms with Crippen LogP contribution in [-0.2, 0) is 0 Å². The Labute approximate surface area is 91.5 Å². The molecule has 1 aromatic carbocycles. The van der Waals surface area contributed by atoms with Crippen molar-refractivity contribution >= 4 is 17.0 Å². The van der Waals surface area contributed by atoms with Crippen LogP contribution in [0.15, 0.2) is 35.2 Å². The Bertz CT molecular complexity index is 625. The van der Waals surface area contributed by atoms with Crippen molar-refractivity contribution in [2.24, 2.45) is 0 Å². The molecule has 0 spiro atoms. The number of nitrogens with zero attached hydrogens (tertiary/aromatic N) is 2. The van der Waals surface area contributed by atoms with Crippen molar-refractivity contribution in [1.29, 1.82) is 0 Å². The zero-order chi connectivity index (χ0) is 11.0. The first kappa shape index (κ1) is 8.96. The second-order valence-corrected chi connectivity index (χ2v) is 3.42. The molecular weight excluding hydrogens is 204 g/mol. The number of fused-ring (bicyclic) bond motifs is 1. The minimum absolute atomic E-state index is 0.514. The number of rotatable bonds is 2. The van der Waals surface area contributed by atoms with Gasteiger partial charge in [-0.05, 0) is 12.1 Å². The Kier molecular flexibility index (Phi) is 1.89. The van der Waals surface area contributed by atoms with Gasteiger partial charge in [-0.3, -0.25) is 0 Å². The van der Waals surface area contributed by atoms with Crippen LogP contribution in [0.1, 0.15) is 0 Å². The van der Waals surface area contributed by atoms with E-state index in [9.17, 15) is 0 Å². The Balaban J connectivity index is 2.10. The minimum Gasteiger partial charge on any atom is -0.432 e. The average Bonchev–Trinajstić information content (AvgIpc) is 2.96. The van der Waals surface area contributed by atoms with E-state index in [1.54, 1.807) is 19.6 Å². The highest BCUT2D eigenvalue weighted by molar-refractivity contribution is 5.80. The summed E-state index contributed by atoms with van der Waals surface area (Å²) in [5.41, 5.74) is 3.75. The number of aromatic amines is 1. The molecule has 2 N–H and O–H groups in total. The highest BCUT2D eigenvalue weighted by Crippen LogP contribution is 2.23. The SMILES string of the molecule is CNc1nc(-c2ccc3nc[nH]c3c2)co1. The van der Waals surface area contributed by atoms with Crippen LogP contribution in [-0.4, -0.2) is 22.0 Å². The number of nitrogens with one attached hydrogen (secondary N) is 2. The summed E-state index contributed by atoms with van der Waals surface area (Å²) in [5.74, 6) is 0. The third-order valence-corrected chi connectivity index (χ3v) is 2.43. The maximum atomic E-state index is 5.21. The van der Waals surface area contributed by atoms with Gasteiger partial charge in [0.15, 0.2) is 0 Å². The maximum absolute atomic E-state index is 5.21. The highest BCUT2D eigenvalue weighted by atomic mass is 16.4. The fourth-order valence-corrected chi connectivity index (χ4v) is 1.62. The Morgan fingerprint density at radius 1 is 1.38 bits per heavy atom. The molecule has 80 valence electrons. The van der Waals surface area contributed by atoms with Gasteiger partial charge in [-0.2, -0.15) is 4.98 Å². The van der Waals surface area contributed by atoms with Crippen LogP contribution < -0.4 is 5.32 Å². The van der Waals surface area contributed by atoms with Gasteiger partial charge >= 0.3 is 0 Å². The van der Waals surface area contributed by atoms with Gasteiger partial charge in [-0.1, -0.05) is 6.07 Å². The highest BCUT2D eigenvalue weighted by Gasteiger charge is 2.06. The molecule has 3 aromatic rings. The van der Waals surface area contributed by atoms with E-state index in [0.717, 1.165) is 22.3 Å². The number of oxazole rings is 1. The summed E-state index contributed by atoms with van der Waals surface area (Å²) in [4.78, 5) is 11.5. The van der Waals surface area contributed by atoms with E-state index in [1.807, 2.05) is 18.2 Å². The molecule has 0 radical (unpaired) electrons. The van der Waals surface area contributed by atoms with Crippen molar-refractivity contribution in [3.63, 3.8) is 0 Å². The third kappa shape index (κ3) is 1.33. The van der Waals surface area contributed by atoms with E-state index in [2.05, 4.69) is 20.3 Å². The van der Waals surface area contributed by atoms with Crippen LogP contribution in [0.25, 0.3) is 22.3 Å². The fraction of sp³-hybridized carbons (Fsp3) is 0.0909. The van der Waals surface area contributed by atoms with E-state index in [1.165, 1.54) is 0 Å². The molecule has 2 aromatic heterocycles. The summed E-state index contributed by atoms with van der Waals surface area (Å²) in [6, 6.07) is 6.44. The molecule has 0 unspecified atom stereocenters. The molecule has 5 nitrogen and oxygen atoms in total. The number of hydrogen-bond donors (Lipinski definition) is 2. The zero-order valence-corrected chi connectivity index (χ0v) is 8.69. The van der Waals surface area contributed by atoms with Crippen molar-refractivity contribution in [2.75, 3.05) is 12.4 Å². The van der Waals surface area contributed by atoms with Gasteiger partial charge in [0.05, 0.1) is 17.4 Å². The van der Waals surface area contributed by atoms with Crippen LogP contribution in [0, 0.1) is 0 Å². The normalized spacial score (nSPS) is 10.8. The van der Waals surface area contributed by atoms with Gasteiger partial charge < -0.3 is 14.7 Å². The molecule has 0 bridgehead atoms. The quantitative estimate of drug-likeness (QED) is 0.686. The molecule has 0 aliphatic heterocycles. The van der Waals surface area contributed by atoms with Gasteiger partial charge in [0.1, 0.15) is 12.0 Å². The first-order valence-electron chi connectivity index (χ1n) is 4.93. The van der Waals surface area contributed by atoms with E-state index >= 15 is 0 Å². The number of anilines is 1. The summed E-state index contributed by atoms with van der Waals surface area (Å²) >= 11 is 0. The summed E-state index contributed by atoms with van der Waals surface area (Å²) in [5, 5.41) is 2.85. The molecule has 3 rings (SSSR count). The molecular formula is C11H10N4O. The van der Waals surface area contributed by atoms with Gasteiger partial charge in [-0.25, -0.2) is 4.98 Å². The molecule has 0 saturated carbocycles. The maximum Gasteiger partial charge on any atom is 0.294 e. The van der Waals surface area contributed by atoms with Crippen LogP contribution in [0.3, 0.4) is 0 Å². The topological polar surface area (TPSA) is 66.7 Å². The lowest BCUT2D eigenvalue weighted by Crippen LogP contribution is -1.86. The van der Waals surface area contributed by atoms with E-state index in [0.29, 0.717) is 6.01 Å². The van der Waals surface area contributed by atoms with Gasteiger partial charge in [-0.15, -0.1) is 0 Å². The van der Waals surface area contributed by atoms with Gasteiger partial charge in [0, 0.05) is 12.6 Å². The number of benzene rings is 1. The van der Waals surface area contributed by atoms with Crippen molar-refractivity contribution in [1.82, 2.24) is 15.0 Å². The van der Waals surface area contributed by atoms with Crippen molar-refractivity contribution < 1.29 is 4.42 Å². The summed E-state index contributed by atoms with van der Waals surface area (Å²) in [6.45, 7) is 0. The first-order chi connectivity index (χ1) is 7.86. The molecule has 0 saturated heterocycles. The van der Waals surface area contributed by atoms with Gasteiger partial charge in [0.25, 0.3) is 6.01 Å². The standard InChI is InChI=1S/C11H10N4O/c1-12-11-15-10(5-16-11)7-2-3-8-9(4-7)14-6-13-8/h2-6H,1H3,(H,12,15)(H,13,14). The summed E-state index contributed by atoms with van der Waals surface area (Å²) in [7, 11) is 1.77. The summed E-state index contributed by atoms with van der Waals surface area (Å²) < 4.78 is 5.21. The van der Waals surface area contributed by atoms with E-state index in [4.69, 9.17) is 4.42 Å². The lowest BCUT2D eigenvalue weighted by atomic mass is 10.1. The molecule has 0 aliphatic carbocycles. The molecule has 2 heterocycles. The fourth-order valence-electron chi connectivity index (χ4n) is 1.62. The summed E-state index contributed by atoms with van der Waals surface area (Å²) in [6.07, 6.45) is 3.31. The van der Waals surface area contributed by atoms with E-state index in [-0.39, 0.29) is 0 Å². The Morgan fingerprint density at radius 2 is 2.31 bits per heavy atom. The van der Waals surface area contributed by atoms with Crippen LogP contribution in [0.5, 0.6) is 0 Å². The molecule has 5 heteroatoms. The van der Waals surface area contributed by atoms with Gasteiger partial charge in [0.2, 0.25) is 0 Å². The smallest absolute Gasteiger partial charge is 0.294 e. The lowest BCUT2D eigenvalue weighted by Gasteiger charge is -1.95. The predicted octanol–water partition coefficient (Wildman–Crippen LogP) is 2.26. The zero-order valence-electron chi connectivity index (χ0n) is 8.69. The second kappa shape index (κ2) is 3.37. The monoisotopic (exact) mass is 214 g/mol. The number of imidazole rings is 1. The van der Waals surface area contributed by atoms with Crippen LogP contribution in [0.4, 0.5) is 6.01 Å². The van der Waals surface area contributed by atoms with E-state index < -0.39 is 0 Å². The minimum atomic E-state index is 0.514. The molecule has 0 fully saturated rings. The Morgan fingerprint density at radius 3 is 3.12 bits per heavy atom. The predicted molar refractivity (Wildman–Crippen MR) is 61.1 cm³/mol. The average molecular weight is 214 g/mol. The molecule has 0 atom stereocenters. The largest absolute Gasteiger partial charge is 0.432 e. The number of H-pyrrole nitrogens is 1. The number of hydrogen-bond acceptors (Lipinski definition) is 4. The first-order valence-corrected chi connectivity index (χ1v) is 4.93.